The Morgan fingerprint density at radius 1 is 1.06 bits per heavy atom. The second kappa shape index (κ2) is 11.0. The van der Waals surface area contributed by atoms with E-state index in [0.29, 0.717) is 31.1 Å². The first-order chi connectivity index (χ1) is 16.1. The summed E-state index contributed by atoms with van der Waals surface area (Å²) in [6.45, 7) is 8.24. The largest absolute Gasteiger partial charge is 0.494 e. The molecular formula is C28H36N2O3. The van der Waals surface area contributed by atoms with Crippen LogP contribution in [-0.4, -0.2) is 41.9 Å². The molecule has 1 N–H and O–H groups in total. The molecule has 0 bridgehead atoms. The minimum Gasteiger partial charge on any atom is -0.494 e. The predicted molar refractivity (Wildman–Crippen MR) is 133 cm³/mol. The number of hydrogen-bond donors (Lipinski definition) is 1. The lowest BCUT2D eigenvalue weighted by atomic mass is 9.95. The number of Topliss-reactive ketones (excluding diaryl/α,β-unsaturated/α-hetero) is 1. The number of allylic oxidation sites excluding steroid dienone is 1. The number of rotatable bonds is 11. The van der Waals surface area contributed by atoms with E-state index >= 15 is 0 Å². The zero-order valence-electron chi connectivity index (χ0n) is 19.9. The standard InChI is InChI=1S/C28H36N2O3/c1-3-30(4-2)16-5-17-33-24-12-9-22(10-13-24)26(19-20-6-11-23(31)18-20)27-15-14-25(21-7-8-21)28(32)29-27/h9-10,12-15,19-21H,3-8,11,16-18H2,1-2H3,(H,29,32)/b26-19-/t20-/m0/s1. The van der Waals surface area contributed by atoms with Gasteiger partial charge in [0.25, 0.3) is 5.56 Å². The molecule has 2 aliphatic rings. The SMILES string of the molecule is CCN(CC)CCCOc1ccc(/C(=C/[C@H]2CCC(=O)C2)c2ccc(C3CC3)c(=O)[nH]2)cc1. The molecule has 1 aromatic carbocycles. The van der Waals surface area contributed by atoms with E-state index in [9.17, 15) is 9.59 Å². The summed E-state index contributed by atoms with van der Waals surface area (Å²) in [7, 11) is 0. The molecule has 33 heavy (non-hydrogen) atoms. The van der Waals surface area contributed by atoms with E-state index in [4.69, 9.17) is 4.74 Å². The van der Waals surface area contributed by atoms with Crippen LogP contribution in [0.25, 0.3) is 5.57 Å². The molecule has 1 aromatic heterocycles. The molecule has 4 rings (SSSR count). The Balaban J connectivity index is 1.50. The molecule has 0 saturated heterocycles. The van der Waals surface area contributed by atoms with E-state index in [-0.39, 0.29) is 11.5 Å². The van der Waals surface area contributed by atoms with E-state index in [1.807, 2.05) is 24.3 Å². The number of benzene rings is 1. The number of H-pyrrole nitrogens is 1. The Kier molecular flexibility index (Phi) is 7.81. The van der Waals surface area contributed by atoms with E-state index in [0.717, 1.165) is 73.5 Å². The van der Waals surface area contributed by atoms with Gasteiger partial charge in [0.15, 0.2) is 0 Å². The molecule has 0 spiro atoms. The number of ether oxygens (including phenoxy) is 1. The molecular weight excluding hydrogens is 412 g/mol. The summed E-state index contributed by atoms with van der Waals surface area (Å²) in [4.78, 5) is 30.0. The van der Waals surface area contributed by atoms with Crippen molar-refractivity contribution >= 4 is 11.4 Å². The normalized spacial score (nSPS) is 18.8. The Morgan fingerprint density at radius 3 is 2.42 bits per heavy atom. The van der Waals surface area contributed by atoms with Gasteiger partial charge in [-0.15, -0.1) is 0 Å². The van der Waals surface area contributed by atoms with Crippen LogP contribution in [0.1, 0.15) is 75.1 Å². The Bertz CT molecular complexity index is 1030. The summed E-state index contributed by atoms with van der Waals surface area (Å²) in [5.41, 5.74) is 3.73. The maximum absolute atomic E-state index is 12.7. The highest BCUT2D eigenvalue weighted by molar-refractivity contribution is 5.83. The molecule has 2 aromatic rings. The number of carbonyl (C=O) groups is 1. The average Bonchev–Trinajstić information content (AvgIpc) is 3.59. The smallest absolute Gasteiger partial charge is 0.251 e. The summed E-state index contributed by atoms with van der Waals surface area (Å²) in [5.74, 6) is 1.81. The third kappa shape index (κ3) is 6.23. The summed E-state index contributed by atoms with van der Waals surface area (Å²) >= 11 is 0. The first kappa shape index (κ1) is 23.5. The van der Waals surface area contributed by atoms with Crippen LogP contribution in [0, 0.1) is 5.92 Å². The predicted octanol–water partition coefficient (Wildman–Crippen LogP) is 5.16. The van der Waals surface area contributed by atoms with Crippen molar-refractivity contribution in [3.05, 3.63) is 69.6 Å². The third-order valence-corrected chi connectivity index (χ3v) is 6.88. The highest BCUT2D eigenvalue weighted by Gasteiger charge is 2.27. The maximum atomic E-state index is 12.7. The monoisotopic (exact) mass is 448 g/mol. The van der Waals surface area contributed by atoms with Crippen LogP contribution in [0.2, 0.25) is 0 Å². The first-order valence-electron chi connectivity index (χ1n) is 12.5. The summed E-state index contributed by atoms with van der Waals surface area (Å²) in [5, 5.41) is 0. The van der Waals surface area contributed by atoms with Crippen molar-refractivity contribution in [2.45, 2.75) is 58.3 Å². The maximum Gasteiger partial charge on any atom is 0.251 e. The molecule has 2 fully saturated rings. The minimum atomic E-state index is 0.0107. The first-order valence-corrected chi connectivity index (χ1v) is 12.5. The lowest BCUT2D eigenvalue weighted by Gasteiger charge is -2.17. The molecule has 0 unspecified atom stereocenters. The summed E-state index contributed by atoms with van der Waals surface area (Å²) in [6.07, 6.45) is 7.48. The quantitative estimate of drug-likeness (QED) is 0.482. The van der Waals surface area contributed by atoms with E-state index in [2.05, 4.69) is 41.9 Å². The number of nitrogens with zero attached hydrogens (tertiary/aromatic N) is 1. The Morgan fingerprint density at radius 2 is 1.82 bits per heavy atom. The molecule has 2 saturated carbocycles. The van der Waals surface area contributed by atoms with Gasteiger partial charge in [0.2, 0.25) is 0 Å². The molecule has 0 amide bonds. The van der Waals surface area contributed by atoms with Gasteiger partial charge in [0.1, 0.15) is 11.5 Å². The highest BCUT2D eigenvalue weighted by atomic mass is 16.5. The second-order valence-electron chi connectivity index (χ2n) is 9.31. The summed E-state index contributed by atoms with van der Waals surface area (Å²) < 4.78 is 5.95. The number of aromatic amines is 1. The van der Waals surface area contributed by atoms with Crippen LogP contribution in [0.3, 0.4) is 0 Å². The molecule has 2 aliphatic carbocycles. The van der Waals surface area contributed by atoms with Crippen molar-refractivity contribution in [2.24, 2.45) is 5.92 Å². The van der Waals surface area contributed by atoms with E-state index in [1.165, 1.54) is 0 Å². The van der Waals surface area contributed by atoms with Crippen LogP contribution in [0.5, 0.6) is 5.75 Å². The molecule has 1 heterocycles. The van der Waals surface area contributed by atoms with Crippen LogP contribution >= 0.6 is 0 Å². The number of pyridine rings is 1. The van der Waals surface area contributed by atoms with Gasteiger partial charge in [-0.2, -0.15) is 0 Å². The van der Waals surface area contributed by atoms with E-state index in [1.54, 1.807) is 0 Å². The van der Waals surface area contributed by atoms with Gasteiger partial charge in [0, 0.05) is 36.2 Å². The topological polar surface area (TPSA) is 62.4 Å². The number of carbonyl (C=O) groups excluding carboxylic acids is 1. The fraction of sp³-hybridized carbons (Fsp3) is 0.500. The lowest BCUT2D eigenvalue weighted by Crippen LogP contribution is -2.25. The molecule has 5 heteroatoms. The second-order valence-corrected chi connectivity index (χ2v) is 9.31. The molecule has 5 nitrogen and oxygen atoms in total. The Hall–Kier alpha value is -2.66. The number of aromatic nitrogens is 1. The zero-order valence-corrected chi connectivity index (χ0v) is 19.9. The van der Waals surface area contributed by atoms with Crippen molar-refractivity contribution in [3.63, 3.8) is 0 Å². The van der Waals surface area contributed by atoms with Gasteiger partial charge in [-0.3, -0.25) is 9.59 Å². The van der Waals surface area contributed by atoms with Crippen LogP contribution in [-0.2, 0) is 4.79 Å². The van der Waals surface area contributed by atoms with Gasteiger partial charge in [-0.25, -0.2) is 0 Å². The van der Waals surface area contributed by atoms with Crippen LogP contribution in [0.4, 0.5) is 0 Å². The van der Waals surface area contributed by atoms with Crippen molar-refractivity contribution in [2.75, 3.05) is 26.2 Å². The fourth-order valence-corrected chi connectivity index (χ4v) is 4.67. The van der Waals surface area contributed by atoms with Crippen molar-refractivity contribution in [1.82, 2.24) is 9.88 Å². The van der Waals surface area contributed by atoms with Gasteiger partial charge >= 0.3 is 0 Å². The number of hydrogen-bond acceptors (Lipinski definition) is 4. The minimum absolute atomic E-state index is 0.0107. The van der Waals surface area contributed by atoms with Gasteiger partial charge < -0.3 is 14.6 Å². The van der Waals surface area contributed by atoms with Gasteiger partial charge in [-0.05, 0) is 74.4 Å². The van der Waals surface area contributed by atoms with Crippen LogP contribution < -0.4 is 10.3 Å². The zero-order chi connectivity index (χ0) is 23.2. The van der Waals surface area contributed by atoms with Gasteiger partial charge in [-0.1, -0.05) is 38.1 Å². The number of ketones is 1. The Labute approximate surface area is 196 Å². The van der Waals surface area contributed by atoms with Crippen molar-refractivity contribution in [1.29, 1.82) is 0 Å². The fourth-order valence-electron chi connectivity index (χ4n) is 4.67. The molecule has 1 atom stereocenters. The molecule has 0 radical (unpaired) electrons. The van der Waals surface area contributed by atoms with Crippen molar-refractivity contribution < 1.29 is 9.53 Å². The lowest BCUT2D eigenvalue weighted by molar-refractivity contribution is -0.117. The number of nitrogens with one attached hydrogen (secondary N) is 1. The van der Waals surface area contributed by atoms with Crippen LogP contribution in [0.15, 0.2) is 47.3 Å². The average molecular weight is 449 g/mol. The van der Waals surface area contributed by atoms with Crippen molar-refractivity contribution in [3.8, 4) is 5.75 Å². The highest BCUT2D eigenvalue weighted by Crippen LogP contribution is 2.38. The molecule has 176 valence electrons. The van der Waals surface area contributed by atoms with E-state index < -0.39 is 0 Å². The van der Waals surface area contributed by atoms with Gasteiger partial charge in [0.05, 0.1) is 6.61 Å². The third-order valence-electron chi connectivity index (χ3n) is 6.88. The molecule has 0 aliphatic heterocycles. The summed E-state index contributed by atoms with van der Waals surface area (Å²) in [6, 6.07) is 12.1.